The van der Waals surface area contributed by atoms with E-state index in [2.05, 4.69) is 15.5 Å². The lowest BCUT2D eigenvalue weighted by atomic mass is 10.1. The molecule has 0 unspecified atom stereocenters. The van der Waals surface area contributed by atoms with E-state index in [4.69, 9.17) is 4.84 Å². The fourth-order valence-electron chi connectivity index (χ4n) is 2.07. The number of halogens is 3. The molecule has 2 aromatic rings. The largest absolute Gasteiger partial charge is 0.573 e. The summed E-state index contributed by atoms with van der Waals surface area (Å²) in [4.78, 5) is 29.4. The molecule has 6 nitrogen and oxygen atoms in total. The Labute approximate surface area is 158 Å². The number of ether oxygens (including phenoxy) is 1. The number of hydrogen-bond acceptors (Lipinski definition) is 4. The topological polar surface area (TPSA) is 76.7 Å². The Bertz CT molecular complexity index is 835. The number of carbonyl (C=O) groups excluding carboxylic acids is 2. The van der Waals surface area contributed by atoms with Gasteiger partial charge in [0.2, 0.25) is 0 Å². The molecule has 0 saturated heterocycles. The molecule has 0 radical (unpaired) electrons. The number of benzene rings is 2. The summed E-state index contributed by atoms with van der Waals surface area (Å²) in [6.45, 7) is 1.86. The van der Waals surface area contributed by atoms with E-state index in [1.54, 1.807) is 37.3 Å². The number of rotatable bonds is 7. The van der Waals surface area contributed by atoms with Crippen LogP contribution in [0.4, 0.5) is 13.2 Å². The minimum absolute atomic E-state index is 0.146. The Balaban J connectivity index is 2.22. The molecule has 0 fully saturated rings. The van der Waals surface area contributed by atoms with Crippen LogP contribution < -0.4 is 15.5 Å². The number of amides is 2. The minimum atomic E-state index is -4.80. The van der Waals surface area contributed by atoms with E-state index in [0.29, 0.717) is 11.1 Å². The zero-order chi connectivity index (χ0) is 20.6. The van der Waals surface area contributed by atoms with Crippen molar-refractivity contribution in [1.82, 2.24) is 10.8 Å². The number of hydroxylamine groups is 1. The maximum absolute atomic E-state index is 12.3. The molecule has 148 valence electrons. The number of nitrogens with one attached hydrogen (secondary N) is 2. The van der Waals surface area contributed by atoms with E-state index in [0.717, 1.165) is 12.1 Å². The zero-order valence-electron chi connectivity index (χ0n) is 14.7. The van der Waals surface area contributed by atoms with Crippen molar-refractivity contribution in [2.75, 3.05) is 6.61 Å². The quantitative estimate of drug-likeness (QED) is 0.557. The Morgan fingerprint density at radius 1 is 1.04 bits per heavy atom. The molecule has 0 aliphatic carbocycles. The number of hydrogen-bond donors (Lipinski definition) is 2. The van der Waals surface area contributed by atoms with E-state index in [9.17, 15) is 22.8 Å². The van der Waals surface area contributed by atoms with Gasteiger partial charge in [0.25, 0.3) is 11.8 Å². The van der Waals surface area contributed by atoms with Crippen molar-refractivity contribution in [3.8, 4) is 5.75 Å². The second-order valence-electron chi connectivity index (χ2n) is 5.36. The predicted molar refractivity (Wildman–Crippen MR) is 94.8 cm³/mol. The van der Waals surface area contributed by atoms with Crippen LogP contribution in [0.15, 0.2) is 60.3 Å². The molecule has 0 bridgehead atoms. The van der Waals surface area contributed by atoms with Gasteiger partial charge in [-0.2, -0.15) is 0 Å². The predicted octanol–water partition coefficient (Wildman–Crippen LogP) is 3.42. The van der Waals surface area contributed by atoms with Gasteiger partial charge in [-0.05, 0) is 42.8 Å². The summed E-state index contributed by atoms with van der Waals surface area (Å²) in [6.07, 6.45) is -3.50. The molecule has 2 aromatic carbocycles. The monoisotopic (exact) mass is 394 g/mol. The highest BCUT2D eigenvalue weighted by Crippen LogP contribution is 2.23. The molecule has 0 saturated carbocycles. The maximum atomic E-state index is 12.3. The first kappa shape index (κ1) is 21.0. The van der Waals surface area contributed by atoms with Gasteiger partial charge in [-0.1, -0.05) is 30.3 Å². The van der Waals surface area contributed by atoms with Crippen molar-refractivity contribution in [3.05, 3.63) is 71.4 Å². The van der Waals surface area contributed by atoms with Gasteiger partial charge in [-0.25, -0.2) is 5.48 Å². The lowest BCUT2D eigenvalue weighted by molar-refractivity contribution is -0.274. The van der Waals surface area contributed by atoms with Gasteiger partial charge >= 0.3 is 6.36 Å². The summed E-state index contributed by atoms with van der Waals surface area (Å²) in [6, 6.07) is 13.0. The summed E-state index contributed by atoms with van der Waals surface area (Å²) >= 11 is 0. The van der Waals surface area contributed by atoms with Crippen LogP contribution in [0.3, 0.4) is 0 Å². The summed E-state index contributed by atoms with van der Waals surface area (Å²) in [7, 11) is 0. The second kappa shape index (κ2) is 9.56. The van der Waals surface area contributed by atoms with Crippen LogP contribution in [0.5, 0.6) is 5.75 Å². The standard InChI is InChI=1S/C19H17F3N2O4/c1-2-27-24-18(26)16(23-17(25)14-6-4-3-5-7-14)12-13-8-10-15(11-9-13)28-19(20,21)22/h3-12H,2H2,1H3,(H,23,25)(H,24,26). The molecule has 2 amide bonds. The van der Waals surface area contributed by atoms with Gasteiger partial charge < -0.3 is 10.1 Å². The number of alkyl halides is 3. The van der Waals surface area contributed by atoms with Crippen molar-refractivity contribution in [2.24, 2.45) is 0 Å². The minimum Gasteiger partial charge on any atom is -0.406 e. The molecule has 28 heavy (non-hydrogen) atoms. The highest BCUT2D eigenvalue weighted by molar-refractivity contribution is 6.04. The lowest BCUT2D eigenvalue weighted by Crippen LogP contribution is -2.34. The van der Waals surface area contributed by atoms with Crippen molar-refractivity contribution < 1.29 is 32.3 Å². The summed E-state index contributed by atoms with van der Waals surface area (Å²) in [5.74, 6) is -1.66. The van der Waals surface area contributed by atoms with Crippen LogP contribution in [0.1, 0.15) is 22.8 Å². The van der Waals surface area contributed by atoms with Crippen molar-refractivity contribution >= 4 is 17.9 Å². The Kier molecular flexibility index (Phi) is 7.16. The third kappa shape index (κ3) is 6.76. The van der Waals surface area contributed by atoms with Gasteiger partial charge in [0.15, 0.2) is 0 Å². The normalized spacial score (nSPS) is 11.6. The highest BCUT2D eigenvalue weighted by Gasteiger charge is 2.30. The van der Waals surface area contributed by atoms with Gasteiger partial charge in [0, 0.05) is 5.56 Å². The highest BCUT2D eigenvalue weighted by atomic mass is 19.4. The molecule has 2 rings (SSSR count). The van der Waals surface area contributed by atoms with E-state index in [1.807, 2.05) is 0 Å². The van der Waals surface area contributed by atoms with Gasteiger partial charge in [0.1, 0.15) is 11.4 Å². The average molecular weight is 394 g/mol. The van der Waals surface area contributed by atoms with Crippen LogP contribution in [-0.2, 0) is 9.63 Å². The summed E-state index contributed by atoms with van der Waals surface area (Å²) in [5.41, 5.74) is 2.70. The smallest absolute Gasteiger partial charge is 0.406 e. The maximum Gasteiger partial charge on any atom is 0.573 e. The van der Waals surface area contributed by atoms with E-state index in [1.165, 1.54) is 18.2 Å². The molecular formula is C19H17F3N2O4. The molecule has 0 heterocycles. The molecule has 0 atom stereocenters. The van der Waals surface area contributed by atoms with Crippen LogP contribution in [0.2, 0.25) is 0 Å². The van der Waals surface area contributed by atoms with Gasteiger partial charge in [0.05, 0.1) is 6.61 Å². The van der Waals surface area contributed by atoms with Crippen molar-refractivity contribution in [3.63, 3.8) is 0 Å². The fraction of sp³-hybridized carbons (Fsp3) is 0.158. The first-order valence-electron chi connectivity index (χ1n) is 8.14. The van der Waals surface area contributed by atoms with Crippen molar-refractivity contribution in [1.29, 1.82) is 0 Å². The fourth-order valence-corrected chi connectivity index (χ4v) is 2.07. The molecule has 0 aromatic heterocycles. The second-order valence-corrected chi connectivity index (χ2v) is 5.36. The summed E-state index contributed by atoms with van der Waals surface area (Å²) < 4.78 is 40.5. The van der Waals surface area contributed by atoms with E-state index in [-0.39, 0.29) is 12.3 Å². The third-order valence-corrected chi connectivity index (χ3v) is 3.26. The Morgan fingerprint density at radius 3 is 2.25 bits per heavy atom. The number of carbonyl (C=O) groups is 2. The molecule has 0 spiro atoms. The Hall–Kier alpha value is -3.33. The molecule has 0 aliphatic heterocycles. The van der Waals surface area contributed by atoms with Crippen LogP contribution in [0, 0.1) is 0 Å². The first-order valence-corrected chi connectivity index (χ1v) is 8.14. The average Bonchev–Trinajstić information content (AvgIpc) is 2.66. The van der Waals surface area contributed by atoms with Gasteiger partial charge in [-0.3, -0.25) is 14.4 Å². The van der Waals surface area contributed by atoms with Crippen LogP contribution >= 0.6 is 0 Å². The molecule has 2 N–H and O–H groups in total. The van der Waals surface area contributed by atoms with E-state index < -0.39 is 23.9 Å². The summed E-state index contributed by atoms with van der Waals surface area (Å²) in [5, 5.41) is 2.46. The van der Waals surface area contributed by atoms with Gasteiger partial charge in [-0.15, -0.1) is 13.2 Å². The Morgan fingerprint density at radius 2 is 1.68 bits per heavy atom. The zero-order valence-corrected chi connectivity index (χ0v) is 14.7. The molecule has 0 aliphatic rings. The SMILES string of the molecule is CCONC(=O)C(=Cc1ccc(OC(F)(F)F)cc1)NC(=O)c1ccccc1. The van der Waals surface area contributed by atoms with Crippen LogP contribution in [0.25, 0.3) is 6.08 Å². The molecule has 9 heteroatoms. The first-order chi connectivity index (χ1) is 13.3. The van der Waals surface area contributed by atoms with E-state index >= 15 is 0 Å². The third-order valence-electron chi connectivity index (χ3n) is 3.26. The van der Waals surface area contributed by atoms with Crippen molar-refractivity contribution in [2.45, 2.75) is 13.3 Å². The lowest BCUT2D eigenvalue weighted by Gasteiger charge is -2.11. The molecular weight excluding hydrogens is 377 g/mol. The van der Waals surface area contributed by atoms with Crippen LogP contribution in [-0.4, -0.2) is 24.8 Å².